The van der Waals surface area contributed by atoms with Crippen molar-refractivity contribution in [2.24, 2.45) is 0 Å². The number of piperidine rings is 1. The monoisotopic (exact) mass is 418 g/mol. The number of anilines is 1. The summed E-state index contributed by atoms with van der Waals surface area (Å²) in [6.45, 7) is 1.65. The smallest absolute Gasteiger partial charge is 0.263 e. The molecule has 2 amide bonds. The molecule has 1 aromatic carbocycles. The van der Waals surface area contributed by atoms with Crippen molar-refractivity contribution in [1.29, 1.82) is 0 Å². The molecule has 0 unspecified atom stereocenters. The van der Waals surface area contributed by atoms with Crippen LogP contribution in [0.3, 0.4) is 0 Å². The molecule has 2 aliphatic rings. The summed E-state index contributed by atoms with van der Waals surface area (Å²) in [7, 11) is 0. The second kappa shape index (κ2) is 7.57. The molecule has 0 atom stereocenters. The van der Waals surface area contributed by atoms with E-state index in [-0.39, 0.29) is 11.8 Å². The number of nitrogens with one attached hydrogen (secondary N) is 1. The number of pyridine rings is 1. The van der Waals surface area contributed by atoms with Crippen LogP contribution >= 0.6 is 11.3 Å². The van der Waals surface area contributed by atoms with Crippen molar-refractivity contribution in [3.8, 4) is 10.4 Å². The van der Waals surface area contributed by atoms with Gasteiger partial charge in [-0.25, -0.2) is 0 Å². The van der Waals surface area contributed by atoms with E-state index in [4.69, 9.17) is 0 Å². The summed E-state index contributed by atoms with van der Waals surface area (Å²) in [4.78, 5) is 35.7. The van der Waals surface area contributed by atoms with Crippen molar-refractivity contribution in [2.45, 2.75) is 18.4 Å². The van der Waals surface area contributed by atoms with E-state index >= 15 is 0 Å². The maximum atomic E-state index is 13.1. The number of hydrogen-bond donors (Lipinski definition) is 1. The third kappa shape index (κ3) is 3.15. The fourth-order valence-corrected chi connectivity index (χ4v) is 5.37. The van der Waals surface area contributed by atoms with Crippen molar-refractivity contribution in [2.75, 3.05) is 24.7 Å². The molecule has 152 valence electrons. The topological polar surface area (TPSA) is 65.5 Å². The molecule has 5 rings (SSSR count). The quantitative estimate of drug-likeness (QED) is 0.708. The lowest BCUT2D eigenvalue weighted by atomic mass is 9.85. The van der Waals surface area contributed by atoms with Crippen LogP contribution in [-0.4, -0.2) is 47.0 Å². The van der Waals surface area contributed by atoms with Gasteiger partial charge in [0, 0.05) is 36.0 Å². The first kappa shape index (κ1) is 18.8. The van der Waals surface area contributed by atoms with Gasteiger partial charge in [0.1, 0.15) is 5.54 Å². The summed E-state index contributed by atoms with van der Waals surface area (Å²) >= 11 is 1.50. The Kier molecular flexibility index (Phi) is 4.75. The van der Waals surface area contributed by atoms with E-state index in [9.17, 15) is 9.59 Å². The predicted octanol–water partition coefficient (Wildman–Crippen LogP) is 3.38. The molecule has 2 saturated heterocycles. The summed E-state index contributed by atoms with van der Waals surface area (Å²) in [5, 5.41) is 3.01. The zero-order chi connectivity index (χ0) is 20.6. The number of hydrogen-bond acceptors (Lipinski definition) is 5. The Balaban J connectivity index is 1.31. The minimum absolute atomic E-state index is 0.0415. The highest BCUT2D eigenvalue weighted by atomic mass is 32.1. The number of aromatic nitrogens is 1. The number of carbonyl (C=O) groups is 2. The van der Waals surface area contributed by atoms with Gasteiger partial charge in [0.25, 0.3) is 5.91 Å². The predicted molar refractivity (Wildman–Crippen MR) is 117 cm³/mol. The van der Waals surface area contributed by atoms with Gasteiger partial charge in [0.05, 0.1) is 11.5 Å². The molecule has 0 radical (unpaired) electrons. The van der Waals surface area contributed by atoms with Gasteiger partial charge in [0.15, 0.2) is 0 Å². The van der Waals surface area contributed by atoms with Crippen LogP contribution in [0.2, 0.25) is 0 Å². The molecule has 2 aromatic heterocycles. The maximum Gasteiger partial charge on any atom is 0.263 e. The Morgan fingerprint density at radius 3 is 2.47 bits per heavy atom. The fourth-order valence-electron chi connectivity index (χ4n) is 4.39. The van der Waals surface area contributed by atoms with Crippen molar-refractivity contribution >= 4 is 28.8 Å². The Bertz CT molecular complexity index is 1060. The Hall–Kier alpha value is -3.19. The van der Waals surface area contributed by atoms with E-state index in [2.05, 4.69) is 15.2 Å². The molecule has 6 nitrogen and oxygen atoms in total. The first-order valence-corrected chi connectivity index (χ1v) is 10.9. The largest absolute Gasteiger partial charge is 0.339 e. The SMILES string of the molecule is O=C(c1ccc(-c2ccncc2)s1)N1CCC2(CC1)C(=O)NCN2c1ccccc1. The van der Waals surface area contributed by atoms with Crippen LogP contribution in [0.4, 0.5) is 5.69 Å². The van der Waals surface area contributed by atoms with Crippen molar-refractivity contribution in [3.05, 3.63) is 71.9 Å². The number of amides is 2. The molecule has 4 heterocycles. The molecule has 0 saturated carbocycles. The molecule has 0 aliphatic carbocycles. The molecule has 1 spiro atoms. The molecular formula is C23H22N4O2S. The molecule has 0 bridgehead atoms. The van der Waals surface area contributed by atoms with Gasteiger partial charge < -0.3 is 15.1 Å². The van der Waals surface area contributed by atoms with Crippen molar-refractivity contribution in [1.82, 2.24) is 15.2 Å². The van der Waals surface area contributed by atoms with Crippen LogP contribution in [0.5, 0.6) is 0 Å². The first-order valence-electron chi connectivity index (χ1n) is 10.1. The number of carbonyl (C=O) groups excluding carboxylic acids is 2. The van der Waals surface area contributed by atoms with Crippen LogP contribution < -0.4 is 10.2 Å². The van der Waals surface area contributed by atoms with Gasteiger partial charge in [-0.3, -0.25) is 14.6 Å². The molecule has 2 aliphatic heterocycles. The first-order chi connectivity index (χ1) is 14.7. The number of benzene rings is 1. The van der Waals surface area contributed by atoms with Crippen LogP contribution in [0.1, 0.15) is 22.5 Å². The summed E-state index contributed by atoms with van der Waals surface area (Å²) in [6, 6.07) is 17.8. The van der Waals surface area contributed by atoms with E-state index in [0.29, 0.717) is 32.6 Å². The normalized spacial score (nSPS) is 17.9. The minimum atomic E-state index is -0.574. The van der Waals surface area contributed by atoms with Gasteiger partial charge in [-0.05, 0) is 54.8 Å². The van der Waals surface area contributed by atoms with E-state index < -0.39 is 5.54 Å². The van der Waals surface area contributed by atoms with Gasteiger partial charge in [-0.15, -0.1) is 11.3 Å². The van der Waals surface area contributed by atoms with E-state index in [1.807, 2.05) is 59.5 Å². The van der Waals surface area contributed by atoms with E-state index in [1.165, 1.54) is 11.3 Å². The van der Waals surface area contributed by atoms with Gasteiger partial charge >= 0.3 is 0 Å². The number of para-hydroxylation sites is 1. The molecule has 3 aromatic rings. The molecule has 1 N–H and O–H groups in total. The minimum Gasteiger partial charge on any atom is -0.339 e. The summed E-state index contributed by atoms with van der Waals surface area (Å²) in [6.07, 6.45) is 4.77. The Morgan fingerprint density at radius 2 is 1.73 bits per heavy atom. The molecule has 30 heavy (non-hydrogen) atoms. The van der Waals surface area contributed by atoms with E-state index in [0.717, 1.165) is 21.0 Å². The van der Waals surface area contributed by atoms with Crippen LogP contribution in [0.15, 0.2) is 67.0 Å². The second-order valence-electron chi connectivity index (χ2n) is 7.65. The third-order valence-corrected chi connectivity index (χ3v) is 7.19. The van der Waals surface area contributed by atoms with Crippen LogP contribution in [0, 0.1) is 0 Å². The van der Waals surface area contributed by atoms with Gasteiger partial charge in [-0.2, -0.15) is 0 Å². The van der Waals surface area contributed by atoms with Crippen molar-refractivity contribution in [3.63, 3.8) is 0 Å². The zero-order valence-corrected chi connectivity index (χ0v) is 17.3. The van der Waals surface area contributed by atoms with Crippen LogP contribution in [-0.2, 0) is 4.79 Å². The maximum absolute atomic E-state index is 13.1. The average molecular weight is 419 g/mol. The van der Waals surface area contributed by atoms with Crippen molar-refractivity contribution < 1.29 is 9.59 Å². The molecule has 2 fully saturated rings. The summed E-state index contributed by atoms with van der Waals surface area (Å²) < 4.78 is 0. The second-order valence-corrected chi connectivity index (χ2v) is 8.73. The Morgan fingerprint density at radius 1 is 1.00 bits per heavy atom. The summed E-state index contributed by atoms with van der Waals surface area (Å²) in [5.74, 6) is 0.106. The highest BCUT2D eigenvalue weighted by Crippen LogP contribution is 2.37. The zero-order valence-electron chi connectivity index (χ0n) is 16.5. The molecular weight excluding hydrogens is 396 g/mol. The van der Waals surface area contributed by atoms with Crippen LogP contribution in [0.25, 0.3) is 10.4 Å². The van der Waals surface area contributed by atoms with Gasteiger partial charge in [-0.1, -0.05) is 18.2 Å². The number of rotatable bonds is 3. The summed E-state index contributed by atoms with van der Waals surface area (Å²) in [5.41, 5.74) is 1.53. The highest BCUT2D eigenvalue weighted by molar-refractivity contribution is 7.17. The van der Waals surface area contributed by atoms with E-state index in [1.54, 1.807) is 12.4 Å². The third-order valence-electron chi connectivity index (χ3n) is 6.06. The lowest BCUT2D eigenvalue weighted by Crippen LogP contribution is -2.57. The number of likely N-dealkylation sites (tertiary alicyclic amines) is 1. The highest BCUT2D eigenvalue weighted by Gasteiger charge is 2.50. The Labute approximate surface area is 179 Å². The molecule has 7 heteroatoms. The lowest BCUT2D eigenvalue weighted by Gasteiger charge is -2.43. The standard InChI is InChI=1S/C23H22N4O2S/c28-21(20-7-6-19(30-20)17-8-12-24-13-9-17)26-14-10-23(11-15-26)22(29)25-16-27(23)18-4-2-1-3-5-18/h1-9,12-13H,10-11,14-16H2,(H,25,29). The number of nitrogens with zero attached hydrogens (tertiary/aromatic N) is 3. The number of thiophene rings is 1. The lowest BCUT2D eigenvalue weighted by molar-refractivity contribution is -0.124. The average Bonchev–Trinajstić information content (AvgIpc) is 3.41. The van der Waals surface area contributed by atoms with Gasteiger partial charge in [0.2, 0.25) is 5.91 Å². The fraction of sp³-hybridized carbons (Fsp3) is 0.261.